The van der Waals surface area contributed by atoms with Crippen molar-refractivity contribution in [2.45, 2.75) is 6.92 Å². The molecule has 1 aromatic carbocycles. The lowest BCUT2D eigenvalue weighted by Crippen LogP contribution is -2.11. The van der Waals surface area contributed by atoms with Crippen LogP contribution >= 0.6 is 23.2 Å². The molecule has 0 aliphatic heterocycles. The summed E-state index contributed by atoms with van der Waals surface area (Å²) in [6, 6.07) is 7.27. The Labute approximate surface area is 103 Å². The number of benzene rings is 1. The van der Waals surface area contributed by atoms with E-state index in [0.29, 0.717) is 5.69 Å². The number of hydrogen-bond acceptors (Lipinski definition) is 3. The SMILES string of the molecule is Cc1cccc(NC(=O)ON=C(Cl)CCl)c1. The summed E-state index contributed by atoms with van der Waals surface area (Å²) in [6.07, 6.45) is -0.714. The molecule has 0 spiro atoms. The zero-order valence-electron chi connectivity index (χ0n) is 8.54. The smallest absolute Gasteiger partial charge is 0.297 e. The zero-order valence-corrected chi connectivity index (χ0v) is 10.0. The van der Waals surface area contributed by atoms with Crippen LogP contribution in [0.15, 0.2) is 29.4 Å². The first-order valence-electron chi connectivity index (χ1n) is 4.45. The number of amides is 1. The van der Waals surface area contributed by atoms with Crippen molar-refractivity contribution < 1.29 is 9.63 Å². The normalized spacial score (nSPS) is 11.1. The highest BCUT2D eigenvalue weighted by Crippen LogP contribution is 2.09. The second-order valence-corrected chi connectivity index (χ2v) is 3.68. The standard InChI is InChI=1S/C10H10Cl2N2O2/c1-7-3-2-4-8(5-7)13-10(15)16-14-9(12)6-11/h2-5H,6H2,1H3,(H,13,15). The van der Waals surface area contributed by atoms with Gasteiger partial charge in [0.05, 0.1) is 5.88 Å². The summed E-state index contributed by atoms with van der Waals surface area (Å²) in [6.45, 7) is 1.92. The van der Waals surface area contributed by atoms with Gasteiger partial charge in [-0.15, -0.1) is 11.6 Å². The van der Waals surface area contributed by atoms with Crippen LogP contribution in [-0.4, -0.2) is 17.1 Å². The molecule has 0 fully saturated rings. The number of nitrogens with zero attached hydrogens (tertiary/aromatic N) is 1. The van der Waals surface area contributed by atoms with Crippen molar-refractivity contribution in [1.29, 1.82) is 0 Å². The minimum atomic E-state index is -0.714. The highest BCUT2D eigenvalue weighted by molar-refractivity contribution is 6.69. The summed E-state index contributed by atoms with van der Waals surface area (Å²) in [5, 5.41) is 5.81. The van der Waals surface area contributed by atoms with Gasteiger partial charge in [-0.1, -0.05) is 28.9 Å². The molecule has 0 saturated carbocycles. The van der Waals surface area contributed by atoms with Gasteiger partial charge in [0.15, 0.2) is 5.17 Å². The topological polar surface area (TPSA) is 50.7 Å². The van der Waals surface area contributed by atoms with Crippen LogP contribution in [0.3, 0.4) is 0 Å². The first kappa shape index (κ1) is 12.8. The molecule has 1 aromatic rings. The molecule has 1 rings (SSSR count). The van der Waals surface area contributed by atoms with Gasteiger partial charge in [-0.2, -0.15) is 0 Å². The number of rotatable bonds is 3. The van der Waals surface area contributed by atoms with Crippen LogP contribution < -0.4 is 5.32 Å². The summed E-state index contributed by atoms with van der Waals surface area (Å²) in [5.41, 5.74) is 1.65. The molecule has 16 heavy (non-hydrogen) atoms. The monoisotopic (exact) mass is 260 g/mol. The zero-order chi connectivity index (χ0) is 12.0. The number of carbonyl (C=O) groups excluding carboxylic acids is 1. The van der Waals surface area contributed by atoms with Crippen LogP contribution in [-0.2, 0) is 4.84 Å². The average molecular weight is 261 g/mol. The number of anilines is 1. The molecule has 0 heterocycles. The van der Waals surface area contributed by atoms with E-state index in [1.165, 1.54) is 0 Å². The van der Waals surface area contributed by atoms with Gasteiger partial charge in [0.25, 0.3) is 0 Å². The summed E-state index contributed by atoms with van der Waals surface area (Å²) in [7, 11) is 0. The lowest BCUT2D eigenvalue weighted by Gasteiger charge is -2.03. The number of oxime groups is 1. The predicted octanol–water partition coefficient (Wildman–Crippen LogP) is 3.33. The van der Waals surface area contributed by atoms with E-state index in [0.717, 1.165) is 5.56 Å². The first-order valence-corrected chi connectivity index (χ1v) is 5.36. The molecule has 0 bridgehead atoms. The predicted molar refractivity (Wildman–Crippen MR) is 65.3 cm³/mol. The number of halogens is 2. The quantitative estimate of drug-likeness (QED) is 0.392. The van der Waals surface area contributed by atoms with Crippen LogP contribution in [0.5, 0.6) is 0 Å². The second-order valence-electron chi connectivity index (χ2n) is 2.97. The Morgan fingerprint density at radius 2 is 2.31 bits per heavy atom. The average Bonchev–Trinajstić information content (AvgIpc) is 2.26. The lowest BCUT2D eigenvalue weighted by atomic mass is 10.2. The highest BCUT2D eigenvalue weighted by Gasteiger charge is 2.03. The fourth-order valence-corrected chi connectivity index (χ4v) is 1.06. The van der Waals surface area contributed by atoms with Crippen molar-refractivity contribution in [3.63, 3.8) is 0 Å². The number of carbonyl (C=O) groups is 1. The van der Waals surface area contributed by atoms with E-state index < -0.39 is 6.09 Å². The molecule has 1 amide bonds. The molecular formula is C10H10Cl2N2O2. The molecule has 0 aliphatic rings. The number of hydrogen-bond donors (Lipinski definition) is 1. The third kappa shape index (κ3) is 4.51. The molecule has 1 N–H and O–H groups in total. The van der Waals surface area contributed by atoms with Crippen LogP contribution in [0, 0.1) is 6.92 Å². The van der Waals surface area contributed by atoms with Gasteiger partial charge in [-0.3, -0.25) is 10.2 Å². The van der Waals surface area contributed by atoms with E-state index in [1.54, 1.807) is 12.1 Å². The molecule has 6 heteroatoms. The van der Waals surface area contributed by atoms with Gasteiger partial charge >= 0.3 is 6.09 Å². The Morgan fingerprint density at radius 3 is 2.94 bits per heavy atom. The van der Waals surface area contributed by atoms with Crippen LogP contribution in [0.1, 0.15) is 5.56 Å². The van der Waals surface area contributed by atoms with E-state index in [9.17, 15) is 4.79 Å². The molecular weight excluding hydrogens is 251 g/mol. The van der Waals surface area contributed by atoms with E-state index >= 15 is 0 Å². The van der Waals surface area contributed by atoms with Crippen LogP contribution in [0.4, 0.5) is 10.5 Å². The van der Waals surface area contributed by atoms with E-state index in [-0.39, 0.29) is 11.1 Å². The molecule has 0 aromatic heterocycles. The molecule has 0 unspecified atom stereocenters. The second kappa shape index (κ2) is 6.35. The summed E-state index contributed by atoms with van der Waals surface area (Å²) in [4.78, 5) is 15.7. The van der Waals surface area contributed by atoms with Crippen molar-refractivity contribution in [2.75, 3.05) is 11.2 Å². The van der Waals surface area contributed by atoms with Gasteiger partial charge in [-0.05, 0) is 24.6 Å². The van der Waals surface area contributed by atoms with E-state index in [1.807, 2.05) is 19.1 Å². The Kier molecular flexibility index (Phi) is 5.08. The number of nitrogens with one attached hydrogen (secondary N) is 1. The summed E-state index contributed by atoms with van der Waals surface area (Å²) < 4.78 is 0. The van der Waals surface area contributed by atoms with Crippen molar-refractivity contribution in [1.82, 2.24) is 0 Å². The van der Waals surface area contributed by atoms with Gasteiger partial charge in [0, 0.05) is 5.69 Å². The molecule has 86 valence electrons. The van der Waals surface area contributed by atoms with Gasteiger partial charge in [-0.25, -0.2) is 4.79 Å². The van der Waals surface area contributed by atoms with Crippen LogP contribution in [0.25, 0.3) is 0 Å². The summed E-state index contributed by atoms with van der Waals surface area (Å²) >= 11 is 10.8. The molecule has 4 nitrogen and oxygen atoms in total. The molecule has 0 atom stereocenters. The Morgan fingerprint density at radius 1 is 1.56 bits per heavy atom. The fourth-order valence-electron chi connectivity index (χ4n) is 0.979. The number of alkyl halides is 1. The van der Waals surface area contributed by atoms with Crippen molar-refractivity contribution in [3.8, 4) is 0 Å². The van der Waals surface area contributed by atoms with Gasteiger partial charge in [0.1, 0.15) is 0 Å². The van der Waals surface area contributed by atoms with Gasteiger partial charge < -0.3 is 0 Å². The summed E-state index contributed by atoms with van der Waals surface area (Å²) in [5.74, 6) is -0.000714. The van der Waals surface area contributed by atoms with Gasteiger partial charge in [0.2, 0.25) is 0 Å². The first-order chi connectivity index (χ1) is 7.61. The maximum atomic E-state index is 11.2. The van der Waals surface area contributed by atoms with Crippen LogP contribution in [0.2, 0.25) is 0 Å². The lowest BCUT2D eigenvalue weighted by molar-refractivity contribution is 0.167. The maximum absolute atomic E-state index is 11.2. The van der Waals surface area contributed by atoms with Crippen molar-refractivity contribution in [3.05, 3.63) is 29.8 Å². The number of aryl methyl sites for hydroxylation is 1. The van der Waals surface area contributed by atoms with E-state index in [2.05, 4.69) is 15.3 Å². The fraction of sp³-hybridized carbons (Fsp3) is 0.200. The highest BCUT2D eigenvalue weighted by atomic mass is 35.5. The maximum Gasteiger partial charge on any atom is 0.437 e. The molecule has 0 saturated heterocycles. The largest absolute Gasteiger partial charge is 0.437 e. The Hall–Kier alpha value is -1.26. The molecule has 0 radical (unpaired) electrons. The Balaban J connectivity index is 2.52. The third-order valence-electron chi connectivity index (χ3n) is 1.60. The molecule has 0 aliphatic carbocycles. The van der Waals surface area contributed by atoms with E-state index in [4.69, 9.17) is 23.2 Å². The third-order valence-corrected chi connectivity index (χ3v) is 2.19. The van der Waals surface area contributed by atoms with Crippen molar-refractivity contribution >= 4 is 40.2 Å². The minimum Gasteiger partial charge on any atom is -0.297 e. The van der Waals surface area contributed by atoms with Crippen molar-refractivity contribution in [2.24, 2.45) is 5.16 Å². The Bertz CT molecular complexity index is 408. The minimum absolute atomic E-state index is 0.000714.